The molecule has 3 aliphatic rings. The van der Waals surface area contributed by atoms with E-state index in [0.717, 1.165) is 39.5 Å². The van der Waals surface area contributed by atoms with E-state index < -0.39 is 5.41 Å². The van der Waals surface area contributed by atoms with E-state index in [-0.39, 0.29) is 6.17 Å². The topological polar surface area (TPSA) is 28.0 Å². The molecule has 0 bridgehead atoms. The molecule has 2 aliphatic carbocycles. The van der Waals surface area contributed by atoms with Crippen molar-refractivity contribution < 1.29 is 0 Å². The Labute approximate surface area is 385 Å². The van der Waals surface area contributed by atoms with E-state index in [1.807, 2.05) is 6.07 Å². The maximum absolute atomic E-state index is 5.37. The second-order valence-electron chi connectivity index (χ2n) is 17.7. The molecule has 3 heteroatoms. The Balaban J connectivity index is 0.978. The molecule has 0 N–H and O–H groups in total. The molecule has 3 nitrogen and oxygen atoms in total. The predicted octanol–water partition coefficient (Wildman–Crippen LogP) is 15.0. The van der Waals surface area contributed by atoms with Crippen molar-refractivity contribution in [2.45, 2.75) is 11.6 Å². The van der Waals surface area contributed by atoms with Gasteiger partial charge in [-0.15, -0.1) is 0 Å². The zero-order valence-corrected chi connectivity index (χ0v) is 36.4. The molecule has 1 heterocycles. The van der Waals surface area contributed by atoms with Crippen molar-refractivity contribution in [1.29, 1.82) is 0 Å². The molecule has 1 unspecified atom stereocenters. The van der Waals surface area contributed by atoms with Gasteiger partial charge >= 0.3 is 0 Å². The van der Waals surface area contributed by atoms with Gasteiger partial charge < -0.3 is 4.90 Å². The fraction of sp³-hybridized carbons (Fsp3) is 0.0476. The van der Waals surface area contributed by atoms with Crippen LogP contribution in [0.15, 0.2) is 247 Å². The summed E-state index contributed by atoms with van der Waals surface area (Å²) in [5.74, 6) is 1.59. The zero-order valence-electron chi connectivity index (χ0n) is 36.4. The Morgan fingerprint density at radius 2 is 0.924 bits per heavy atom. The molecule has 310 valence electrons. The fourth-order valence-electron chi connectivity index (χ4n) is 11.2. The lowest BCUT2D eigenvalue weighted by Crippen LogP contribution is -2.35. The number of hydrogen-bond donors (Lipinski definition) is 0. The minimum atomic E-state index is -0.426. The van der Waals surface area contributed by atoms with Crippen LogP contribution in [0.4, 0.5) is 0 Å². The highest BCUT2D eigenvalue weighted by Crippen LogP contribution is 2.63. The van der Waals surface area contributed by atoms with Crippen LogP contribution in [-0.2, 0) is 5.41 Å². The van der Waals surface area contributed by atoms with Gasteiger partial charge in [-0.3, -0.25) is 0 Å². The molecule has 0 radical (unpaired) electrons. The van der Waals surface area contributed by atoms with Gasteiger partial charge in [-0.1, -0.05) is 218 Å². The fourth-order valence-corrected chi connectivity index (χ4v) is 11.2. The Kier molecular flexibility index (Phi) is 8.72. The van der Waals surface area contributed by atoms with Gasteiger partial charge in [-0.05, 0) is 112 Å². The highest BCUT2D eigenvalue weighted by atomic mass is 15.3. The monoisotopic (exact) mass is 841 g/mol. The summed E-state index contributed by atoms with van der Waals surface area (Å²) >= 11 is 0. The Hall–Kier alpha value is -8.40. The molecule has 1 spiro atoms. The first-order chi connectivity index (χ1) is 32.6. The van der Waals surface area contributed by atoms with E-state index in [1.54, 1.807) is 0 Å². The lowest BCUT2D eigenvalue weighted by molar-refractivity contribution is 0.383. The second-order valence-corrected chi connectivity index (χ2v) is 17.7. The van der Waals surface area contributed by atoms with Gasteiger partial charge in [0.05, 0.1) is 5.41 Å². The van der Waals surface area contributed by atoms with Crippen molar-refractivity contribution in [3.63, 3.8) is 0 Å². The van der Waals surface area contributed by atoms with E-state index in [2.05, 4.69) is 242 Å². The quantitative estimate of drug-likeness (QED) is 0.164. The molecule has 0 fully saturated rings. The van der Waals surface area contributed by atoms with E-state index in [4.69, 9.17) is 9.98 Å². The summed E-state index contributed by atoms with van der Waals surface area (Å²) < 4.78 is 0. The van der Waals surface area contributed by atoms with Gasteiger partial charge in [0.25, 0.3) is 0 Å². The number of aliphatic imine (C=N–C) groups is 2. The number of nitrogens with zero attached hydrogens (tertiary/aromatic N) is 3. The van der Waals surface area contributed by atoms with Crippen molar-refractivity contribution in [3.05, 3.63) is 276 Å². The minimum Gasteiger partial charge on any atom is -0.333 e. The van der Waals surface area contributed by atoms with Gasteiger partial charge in [0.15, 0.2) is 12.0 Å². The normalized spacial score (nSPS) is 15.2. The van der Waals surface area contributed by atoms with Crippen molar-refractivity contribution in [2.75, 3.05) is 7.05 Å². The number of benzene rings is 10. The van der Waals surface area contributed by atoms with Crippen molar-refractivity contribution in [1.82, 2.24) is 4.90 Å². The molecule has 0 amide bonds. The summed E-state index contributed by atoms with van der Waals surface area (Å²) in [6, 6.07) is 86.4. The van der Waals surface area contributed by atoms with Crippen molar-refractivity contribution >= 4 is 22.4 Å². The second kappa shape index (κ2) is 15.1. The number of fused-ring (bicyclic) bond motifs is 11. The van der Waals surface area contributed by atoms with E-state index in [0.29, 0.717) is 0 Å². The summed E-state index contributed by atoms with van der Waals surface area (Å²) in [5, 5.41) is 2.41. The molecular weight excluding hydrogens is 799 g/mol. The summed E-state index contributed by atoms with van der Waals surface area (Å²) in [4.78, 5) is 12.9. The smallest absolute Gasteiger partial charge is 0.159 e. The summed E-state index contributed by atoms with van der Waals surface area (Å²) in [7, 11) is 2.12. The Morgan fingerprint density at radius 1 is 0.379 bits per heavy atom. The summed E-state index contributed by atoms with van der Waals surface area (Å²) in [6.45, 7) is 0. The molecule has 0 saturated heterocycles. The van der Waals surface area contributed by atoms with Crippen LogP contribution in [0.2, 0.25) is 0 Å². The SMILES string of the molecule is CN1C(c2cccc(-c3c(-c4ccc5c(c4)C4(c6ccccc6-c6ccccc64)c4ccccc4-5)ccc4ccccc34)c2)=NC(c2ccccc2)=NC1c1cccc(-c2ccccc2)c1. The number of rotatable bonds is 6. The molecular formula is C63H43N3. The highest BCUT2D eigenvalue weighted by Gasteiger charge is 2.51. The van der Waals surface area contributed by atoms with Gasteiger partial charge in [0.2, 0.25) is 0 Å². The third-order valence-electron chi connectivity index (χ3n) is 14.1. The lowest BCUT2D eigenvalue weighted by atomic mass is 9.70. The third kappa shape index (κ3) is 5.76. The largest absolute Gasteiger partial charge is 0.333 e. The standard InChI is InChI=1S/C63H43N3/c1-66-61(47-25-16-23-44(38-47)41-18-4-2-5-19-41)64-60(43-21-6-3-7-22-43)65-62(66)48-26-17-24-46(39-48)59-49-27-9-8-20-42(49)34-36-50(59)45-35-37-54-53-30-12-15-33-57(53)63(58(54)40-45)55-31-13-10-28-51(55)52-29-11-14-32-56(52)63/h2-40,61H,1H3. The van der Waals surface area contributed by atoms with Crippen LogP contribution in [0.5, 0.6) is 0 Å². The lowest BCUT2D eigenvalue weighted by Gasteiger charge is -2.33. The molecule has 1 aliphatic heterocycles. The summed E-state index contributed by atoms with van der Waals surface area (Å²) in [5.41, 5.74) is 20.4. The van der Waals surface area contributed by atoms with Crippen LogP contribution >= 0.6 is 0 Å². The number of hydrogen-bond acceptors (Lipinski definition) is 3. The minimum absolute atomic E-state index is 0.290. The van der Waals surface area contributed by atoms with Gasteiger partial charge in [-0.25, -0.2) is 9.98 Å². The van der Waals surface area contributed by atoms with Crippen LogP contribution in [0, 0.1) is 0 Å². The Morgan fingerprint density at radius 3 is 1.64 bits per heavy atom. The average Bonchev–Trinajstić information content (AvgIpc) is 3.86. The van der Waals surface area contributed by atoms with Crippen LogP contribution in [-0.4, -0.2) is 23.6 Å². The van der Waals surface area contributed by atoms with Crippen molar-refractivity contribution in [3.8, 4) is 55.6 Å². The Bertz CT molecular complexity index is 3560. The van der Waals surface area contributed by atoms with Crippen LogP contribution in [0.3, 0.4) is 0 Å². The van der Waals surface area contributed by atoms with Gasteiger partial charge in [0.1, 0.15) is 5.84 Å². The van der Waals surface area contributed by atoms with Gasteiger partial charge in [0, 0.05) is 18.2 Å². The maximum atomic E-state index is 5.37. The first-order valence-corrected chi connectivity index (χ1v) is 22.8. The summed E-state index contributed by atoms with van der Waals surface area (Å²) in [6.07, 6.45) is -0.290. The predicted molar refractivity (Wildman–Crippen MR) is 273 cm³/mol. The highest BCUT2D eigenvalue weighted by molar-refractivity contribution is 6.14. The molecule has 66 heavy (non-hydrogen) atoms. The van der Waals surface area contributed by atoms with Crippen molar-refractivity contribution in [2.24, 2.45) is 9.98 Å². The first kappa shape index (κ1) is 38.1. The maximum Gasteiger partial charge on any atom is 0.159 e. The van der Waals surface area contributed by atoms with Gasteiger partial charge in [-0.2, -0.15) is 0 Å². The number of amidine groups is 2. The van der Waals surface area contributed by atoms with Crippen LogP contribution < -0.4 is 0 Å². The molecule has 13 rings (SSSR count). The molecule has 1 atom stereocenters. The molecule has 0 saturated carbocycles. The van der Waals surface area contributed by atoms with Crippen LogP contribution in [0.25, 0.3) is 66.4 Å². The van der Waals surface area contributed by atoms with Crippen LogP contribution in [0.1, 0.15) is 45.1 Å². The molecule has 0 aromatic heterocycles. The van der Waals surface area contributed by atoms with E-state index in [1.165, 1.54) is 77.5 Å². The van der Waals surface area contributed by atoms with E-state index in [9.17, 15) is 0 Å². The average molecular weight is 842 g/mol. The van der Waals surface area contributed by atoms with E-state index >= 15 is 0 Å². The first-order valence-electron chi connectivity index (χ1n) is 22.8. The third-order valence-corrected chi connectivity index (χ3v) is 14.1. The zero-order chi connectivity index (χ0) is 43.8. The molecule has 10 aromatic carbocycles. The molecule has 10 aromatic rings.